The van der Waals surface area contributed by atoms with Crippen LogP contribution in [0.25, 0.3) is 6.08 Å². The minimum Gasteiger partial charge on any atom is -0.409 e. The SMILES string of the molecule is [B]C([B])CC(/C=C/c1ccccc1)CC([B])([B])O. The van der Waals surface area contributed by atoms with Gasteiger partial charge in [0.1, 0.15) is 0 Å². The van der Waals surface area contributed by atoms with E-state index in [0.29, 0.717) is 6.42 Å². The molecule has 84 valence electrons. The van der Waals surface area contributed by atoms with Crippen molar-refractivity contribution in [1.82, 2.24) is 0 Å². The van der Waals surface area contributed by atoms with Gasteiger partial charge in [0.25, 0.3) is 0 Å². The van der Waals surface area contributed by atoms with E-state index < -0.39 is 11.1 Å². The van der Waals surface area contributed by atoms with E-state index >= 15 is 0 Å². The first-order valence-corrected chi connectivity index (χ1v) is 5.91. The molecule has 18 heavy (non-hydrogen) atoms. The summed E-state index contributed by atoms with van der Waals surface area (Å²) in [6, 6.07) is 9.81. The second-order valence-electron chi connectivity index (χ2n) is 4.62. The van der Waals surface area contributed by atoms with Crippen LogP contribution in [0.3, 0.4) is 0 Å². The molecule has 1 nitrogen and oxygen atoms in total. The lowest BCUT2D eigenvalue weighted by atomic mass is 9.58. The molecule has 8 radical (unpaired) electrons. The lowest BCUT2D eigenvalue weighted by molar-refractivity contribution is 0.185. The number of aliphatic hydroxyl groups is 1. The van der Waals surface area contributed by atoms with Gasteiger partial charge in [-0.3, -0.25) is 0 Å². The second-order valence-corrected chi connectivity index (χ2v) is 4.62. The standard InChI is InChI=1S/C13H14B4O/c14-12(15)8-11(9-13(16,17)18)7-6-10-4-2-1-3-5-10/h1-7,11-12,18H,8-9H2/b7-6+. The van der Waals surface area contributed by atoms with Crippen molar-refractivity contribution in [3.8, 4) is 0 Å². The Hall–Kier alpha value is -0.820. The van der Waals surface area contributed by atoms with Gasteiger partial charge in [-0.15, -0.1) is 5.72 Å². The predicted molar refractivity (Wildman–Crippen MR) is 79.9 cm³/mol. The van der Waals surface area contributed by atoms with Crippen LogP contribution in [-0.2, 0) is 0 Å². The van der Waals surface area contributed by atoms with Crippen LogP contribution >= 0.6 is 0 Å². The van der Waals surface area contributed by atoms with Gasteiger partial charge in [-0.25, -0.2) is 0 Å². The Morgan fingerprint density at radius 1 is 1.17 bits per heavy atom. The van der Waals surface area contributed by atoms with Crippen LogP contribution in [0.15, 0.2) is 36.4 Å². The Morgan fingerprint density at radius 3 is 2.28 bits per heavy atom. The fourth-order valence-electron chi connectivity index (χ4n) is 1.81. The molecule has 0 heterocycles. The first-order valence-electron chi connectivity index (χ1n) is 5.91. The smallest absolute Gasteiger partial charge is 0.0989 e. The second kappa shape index (κ2) is 6.94. The fourth-order valence-corrected chi connectivity index (χ4v) is 1.81. The molecule has 0 bridgehead atoms. The van der Waals surface area contributed by atoms with Crippen LogP contribution < -0.4 is 0 Å². The van der Waals surface area contributed by atoms with E-state index in [4.69, 9.17) is 31.4 Å². The van der Waals surface area contributed by atoms with Crippen LogP contribution in [0, 0.1) is 5.92 Å². The molecule has 0 amide bonds. The third kappa shape index (κ3) is 6.80. The summed E-state index contributed by atoms with van der Waals surface area (Å²) >= 11 is 0. The summed E-state index contributed by atoms with van der Waals surface area (Å²) in [4.78, 5) is 0. The molecular formula is C13H14B4O. The van der Waals surface area contributed by atoms with Gasteiger partial charge in [-0.2, -0.15) is 0 Å². The molecule has 1 unspecified atom stereocenters. The summed E-state index contributed by atoms with van der Waals surface area (Å²) in [5.74, 6) is -0.0646. The van der Waals surface area contributed by atoms with Gasteiger partial charge in [0.05, 0.1) is 31.4 Å². The Kier molecular flexibility index (Phi) is 5.87. The molecule has 0 aliphatic carbocycles. The van der Waals surface area contributed by atoms with Crippen molar-refractivity contribution in [2.45, 2.75) is 24.0 Å². The summed E-state index contributed by atoms with van der Waals surface area (Å²) in [7, 11) is 21.9. The van der Waals surface area contributed by atoms with Crippen LogP contribution in [0.2, 0.25) is 5.72 Å². The maximum Gasteiger partial charge on any atom is 0.0989 e. The van der Waals surface area contributed by atoms with Crippen molar-refractivity contribution in [2.24, 2.45) is 5.92 Å². The van der Waals surface area contributed by atoms with Gasteiger partial charge < -0.3 is 5.11 Å². The van der Waals surface area contributed by atoms with Gasteiger partial charge >= 0.3 is 0 Å². The quantitative estimate of drug-likeness (QED) is 0.726. The summed E-state index contributed by atoms with van der Waals surface area (Å²) in [5, 5.41) is 7.73. The van der Waals surface area contributed by atoms with Crippen LogP contribution in [0.4, 0.5) is 0 Å². The third-order valence-electron chi connectivity index (χ3n) is 2.52. The van der Waals surface area contributed by atoms with E-state index in [1.807, 2.05) is 42.5 Å². The minimum absolute atomic E-state index is 0.0646. The molecule has 1 aromatic carbocycles. The van der Waals surface area contributed by atoms with Crippen LogP contribution in [-0.4, -0.2) is 41.9 Å². The lowest BCUT2D eigenvalue weighted by Crippen LogP contribution is -2.32. The molecule has 0 aliphatic rings. The summed E-state index contributed by atoms with van der Waals surface area (Å²) in [5.41, 5.74) is 0.600. The van der Waals surface area contributed by atoms with Crippen LogP contribution in [0.1, 0.15) is 18.4 Å². The van der Waals surface area contributed by atoms with E-state index in [-0.39, 0.29) is 12.3 Å². The van der Waals surface area contributed by atoms with Gasteiger partial charge in [0.2, 0.25) is 0 Å². The zero-order chi connectivity index (χ0) is 13.6. The average Bonchev–Trinajstić information content (AvgIpc) is 2.24. The number of hydrogen-bond acceptors (Lipinski definition) is 1. The fraction of sp³-hybridized carbons (Fsp3) is 0.385. The van der Waals surface area contributed by atoms with Gasteiger partial charge in [0.15, 0.2) is 0 Å². The number of hydrogen-bond donors (Lipinski definition) is 1. The molecule has 0 saturated carbocycles. The molecule has 1 rings (SSSR count). The summed E-state index contributed by atoms with van der Waals surface area (Å²) in [6.07, 6.45) is 4.59. The van der Waals surface area contributed by atoms with Crippen molar-refractivity contribution in [3.05, 3.63) is 42.0 Å². The molecule has 1 atom stereocenters. The van der Waals surface area contributed by atoms with E-state index in [1.54, 1.807) is 0 Å². The van der Waals surface area contributed by atoms with E-state index in [9.17, 15) is 5.11 Å². The number of rotatable bonds is 6. The highest BCUT2D eigenvalue weighted by molar-refractivity contribution is 6.38. The average molecular weight is 230 g/mol. The topological polar surface area (TPSA) is 20.2 Å². The Labute approximate surface area is 115 Å². The molecule has 5 heteroatoms. The first kappa shape index (κ1) is 15.2. The Balaban J connectivity index is 2.69. The molecule has 0 aromatic heterocycles. The first-order chi connectivity index (χ1) is 8.37. The maximum atomic E-state index is 9.44. The molecule has 0 spiro atoms. The molecular weight excluding hydrogens is 215 g/mol. The summed E-state index contributed by atoms with van der Waals surface area (Å²) in [6.45, 7) is 0. The Bertz CT molecular complexity index is 370. The minimum atomic E-state index is -1.71. The van der Waals surface area contributed by atoms with Crippen molar-refractivity contribution < 1.29 is 5.11 Å². The van der Waals surface area contributed by atoms with Crippen molar-refractivity contribution in [2.75, 3.05) is 0 Å². The van der Waals surface area contributed by atoms with E-state index in [2.05, 4.69) is 0 Å². The lowest BCUT2D eigenvalue weighted by Gasteiger charge is -2.25. The van der Waals surface area contributed by atoms with Gasteiger partial charge in [-0.1, -0.05) is 48.9 Å². The molecule has 0 aliphatic heterocycles. The van der Waals surface area contributed by atoms with E-state index in [1.165, 1.54) is 0 Å². The Morgan fingerprint density at radius 2 is 1.78 bits per heavy atom. The number of benzene rings is 1. The van der Waals surface area contributed by atoms with Crippen LogP contribution in [0.5, 0.6) is 0 Å². The molecule has 0 saturated heterocycles. The highest BCUT2D eigenvalue weighted by atomic mass is 16.3. The van der Waals surface area contributed by atoms with Gasteiger partial charge in [-0.05, 0) is 23.3 Å². The number of allylic oxidation sites excluding steroid dienone is 1. The normalized spacial score (nSPS) is 14.1. The highest BCUT2D eigenvalue weighted by Crippen LogP contribution is 2.22. The highest BCUT2D eigenvalue weighted by Gasteiger charge is 2.18. The zero-order valence-corrected chi connectivity index (χ0v) is 10.4. The third-order valence-corrected chi connectivity index (χ3v) is 2.52. The predicted octanol–water partition coefficient (Wildman–Crippen LogP) is 1.16. The van der Waals surface area contributed by atoms with Crippen molar-refractivity contribution in [3.63, 3.8) is 0 Å². The monoisotopic (exact) mass is 230 g/mol. The summed E-state index contributed by atoms with van der Waals surface area (Å²) < 4.78 is 0. The van der Waals surface area contributed by atoms with Gasteiger partial charge in [0, 0.05) is 0 Å². The van der Waals surface area contributed by atoms with E-state index in [0.717, 1.165) is 5.56 Å². The maximum absolute atomic E-state index is 9.44. The zero-order valence-electron chi connectivity index (χ0n) is 10.4. The van der Waals surface area contributed by atoms with Crippen molar-refractivity contribution >= 4 is 37.5 Å². The molecule has 1 aromatic rings. The molecule has 1 N–H and O–H groups in total. The van der Waals surface area contributed by atoms with Crippen molar-refractivity contribution in [1.29, 1.82) is 0 Å². The molecule has 0 fully saturated rings. The largest absolute Gasteiger partial charge is 0.409 e.